The third kappa shape index (κ3) is 2.13. The van der Waals surface area contributed by atoms with E-state index in [9.17, 15) is 9.59 Å². The standard InChI is InChI=1S/C14H16N4O2/c15-14(20)18-7-5-9(6-8-18)12-10-3-1-2-4-11(10)13(19)17-16-12/h1-4,9H,5-8H2,(H2,15,20)(H,17,19). The largest absolute Gasteiger partial charge is 0.351 e. The van der Waals surface area contributed by atoms with Crippen LogP contribution in [-0.2, 0) is 0 Å². The first-order valence-corrected chi connectivity index (χ1v) is 6.68. The van der Waals surface area contributed by atoms with Gasteiger partial charge >= 0.3 is 6.03 Å². The lowest BCUT2D eigenvalue weighted by Gasteiger charge is -2.30. The molecule has 1 saturated heterocycles. The number of nitrogens with one attached hydrogen (secondary N) is 1. The minimum Gasteiger partial charge on any atom is -0.351 e. The molecular weight excluding hydrogens is 256 g/mol. The third-order valence-electron chi connectivity index (χ3n) is 3.92. The molecule has 0 aliphatic carbocycles. The summed E-state index contributed by atoms with van der Waals surface area (Å²) in [6.07, 6.45) is 1.62. The first-order valence-electron chi connectivity index (χ1n) is 6.68. The van der Waals surface area contributed by atoms with E-state index in [0.29, 0.717) is 18.5 Å². The van der Waals surface area contributed by atoms with Gasteiger partial charge in [0.1, 0.15) is 0 Å². The predicted molar refractivity (Wildman–Crippen MR) is 75.5 cm³/mol. The van der Waals surface area contributed by atoms with E-state index in [1.54, 1.807) is 11.0 Å². The summed E-state index contributed by atoms with van der Waals surface area (Å²) in [5.41, 5.74) is 6.02. The molecule has 1 aromatic heterocycles. The van der Waals surface area contributed by atoms with Gasteiger partial charge in [-0.05, 0) is 18.9 Å². The van der Waals surface area contributed by atoms with Gasteiger partial charge in [-0.25, -0.2) is 9.89 Å². The average molecular weight is 272 g/mol. The van der Waals surface area contributed by atoms with Crippen LogP contribution >= 0.6 is 0 Å². The lowest BCUT2D eigenvalue weighted by atomic mass is 9.91. The fourth-order valence-electron chi connectivity index (χ4n) is 2.82. The molecule has 1 aliphatic rings. The molecule has 0 unspecified atom stereocenters. The van der Waals surface area contributed by atoms with Crippen LogP contribution in [0, 0.1) is 0 Å². The van der Waals surface area contributed by atoms with Gasteiger partial charge in [-0.1, -0.05) is 18.2 Å². The van der Waals surface area contributed by atoms with E-state index in [1.807, 2.05) is 18.2 Å². The van der Waals surface area contributed by atoms with Crippen LogP contribution in [0.5, 0.6) is 0 Å². The van der Waals surface area contributed by atoms with E-state index in [2.05, 4.69) is 10.2 Å². The third-order valence-corrected chi connectivity index (χ3v) is 3.92. The number of fused-ring (bicyclic) bond motifs is 1. The van der Waals surface area contributed by atoms with Crippen molar-refractivity contribution in [2.24, 2.45) is 5.73 Å². The monoisotopic (exact) mass is 272 g/mol. The number of carbonyl (C=O) groups excluding carboxylic acids is 1. The van der Waals surface area contributed by atoms with Gasteiger partial charge in [0, 0.05) is 24.4 Å². The predicted octanol–water partition coefficient (Wildman–Crippen LogP) is 1.18. The van der Waals surface area contributed by atoms with E-state index < -0.39 is 0 Å². The summed E-state index contributed by atoms with van der Waals surface area (Å²) in [5.74, 6) is 0.243. The highest BCUT2D eigenvalue weighted by atomic mass is 16.2. The zero-order chi connectivity index (χ0) is 14.1. The first kappa shape index (κ1) is 12.7. The van der Waals surface area contributed by atoms with Gasteiger partial charge in [-0.15, -0.1) is 0 Å². The molecule has 104 valence electrons. The maximum absolute atomic E-state index is 11.8. The number of rotatable bonds is 1. The van der Waals surface area contributed by atoms with Crippen molar-refractivity contribution in [2.75, 3.05) is 13.1 Å². The van der Waals surface area contributed by atoms with Gasteiger partial charge in [-0.2, -0.15) is 5.10 Å². The molecular formula is C14H16N4O2. The molecule has 0 saturated carbocycles. The number of nitrogens with two attached hydrogens (primary N) is 1. The van der Waals surface area contributed by atoms with Crippen LogP contribution < -0.4 is 11.3 Å². The molecule has 1 fully saturated rings. The maximum Gasteiger partial charge on any atom is 0.314 e. The van der Waals surface area contributed by atoms with Crippen molar-refractivity contribution >= 4 is 16.8 Å². The van der Waals surface area contributed by atoms with Crippen molar-refractivity contribution in [3.63, 3.8) is 0 Å². The van der Waals surface area contributed by atoms with Crippen molar-refractivity contribution in [1.82, 2.24) is 15.1 Å². The zero-order valence-corrected chi connectivity index (χ0v) is 11.0. The number of benzene rings is 1. The normalized spacial score (nSPS) is 16.5. The van der Waals surface area contributed by atoms with Gasteiger partial charge in [0.25, 0.3) is 5.56 Å². The Morgan fingerprint density at radius 1 is 1.25 bits per heavy atom. The van der Waals surface area contributed by atoms with Crippen molar-refractivity contribution in [3.05, 3.63) is 40.3 Å². The van der Waals surface area contributed by atoms with Gasteiger partial charge < -0.3 is 10.6 Å². The minimum atomic E-state index is -0.372. The number of carbonyl (C=O) groups is 1. The fourth-order valence-corrected chi connectivity index (χ4v) is 2.82. The zero-order valence-electron chi connectivity index (χ0n) is 11.0. The molecule has 2 amide bonds. The molecule has 1 aromatic carbocycles. The number of H-pyrrole nitrogens is 1. The number of urea groups is 1. The Kier molecular flexibility index (Phi) is 3.14. The van der Waals surface area contributed by atoms with Crippen LogP contribution in [0.1, 0.15) is 24.5 Å². The molecule has 2 aromatic rings. The number of aromatic amines is 1. The van der Waals surface area contributed by atoms with Crippen molar-refractivity contribution in [2.45, 2.75) is 18.8 Å². The molecule has 3 N–H and O–H groups in total. The van der Waals surface area contributed by atoms with E-state index >= 15 is 0 Å². The van der Waals surface area contributed by atoms with Gasteiger partial charge in [0.2, 0.25) is 0 Å². The van der Waals surface area contributed by atoms with Gasteiger partial charge in [0.15, 0.2) is 0 Å². The summed E-state index contributed by atoms with van der Waals surface area (Å²) < 4.78 is 0. The Morgan fingerprint density at radius 2 is 1.90 bits per heavy atom. The highest BCUT2D eigenvalue weighted by Gasteiger charge is 2.25. The molecule has 20 heavy (non-hydrogen) atoms. The van der Waals surface area contributed by atoms with Crippen LogP contribution in [0.3, 0.4) is 0 Å². The van der Waals surface area contributed by atoms with Crippen LogP contribution in [-0.4, -0.2) is 34.2 Å². The molecule has 0 radical (unpaired) electrons. The fraction of sp³-hybridized carbons (Fsp3) is 0.357. The van der Waals surface area contributed by atoms with E-state index in [1.165, 1.54) is 0 Å². The topological polar surface area (TPSA) is 92.1 Å². The van der Waals surface area contributed by atoms with E-state index in [-0.39, 0.29) is 17.5 Å². The molecule has 1 aliphatic heterocycles. The van der Waals surface area contributed by atoms with Crippen molar-refractivity contribution < 1.29 is 4.79 Å². The molecule has 3 rings (SSSR count). The molecule has 6 nitrogen and oxygen atoms in total. The Balaban J connectivity index is 1.94. The number of piperidine rings is 1. The number of amides is 2. The van der Waals surface area contributed by atoms with Gasteiger partial charge in [0.05, 0.1) is 11.1 Å². The Hall–Kier alpha value is -2.37. The average Bonchev–Trinajstić information content (AvgIpc) is 2.48. The minimum absolute atomic E-state index is 0.168. The number of nitrogens with zero attached hydrogens (tertiary/aromatic N) is 2. The number of hydrogen-bond donors (Lipinski definition) is 2. The molecule has 0 bridgehead atoms. The summed E-state index contributed by atoms with van der Waals surface area (Å²) in [6.45, 7) is 1.27. The second-order valence-corrected chi connectivity index (χ2v) is 5.08. The molecule has 0 spiro atoms. The molecule has 0 atom stereocenters. The number of likely N-dealkylation sites (tertiary alicyclic amines) is 1. The number of primary amides is 1. The second-order valence-electron chi connectivity index (χ2n) is 5.08. The Bertz CT molecular complexity index is 702. The van der Waals surface area contributed by atoms with Crippen LogP contribution in [0.2, 0.25) is 0 Å². The lowest BCUT2D eigenvalue weighted by Crippen LogP contribution is -2.41. The smallest absolute Gasteiger partial charge is 0.314 e. The SMILES string of the molecule is NC(=O)N1CCC(c2n[nH]c(=O)c3ccccc23)CC1. The number of aromatic nitrogens is 2. The van der Waals surface area contributed by atoms with Crippen molar-refractivity contribution in [3.8, 4) is 0 Å². The quantitative estimate of drug-likeness (QED) is 0.816. The van der Waals surface area contributed by atoms with Crippen LogP contribution in [0.25, 0.3) is 10.8 Å². The van der Waals surface area contributed by atoms with Crippen LogP contribution in [0.4, 0.5) is 4.79 Å². The summed E-state index contributed by atoms with van der Waals surface area (Å²) in [7, 11) is 0. The summed E-state index contributed by atoms with van der Waals surface area (Å²) in [6, 6.07) is 7.11. The number of hydrogen-bond acceptors (Lipinski definition) is 3. The summed E-state index contributed by atoms with van der Waals surface area (Å²) in [4.78, 5) is 24.6. The highest BCUT2D eigenvalue weighted by Crippen LogP contribution is 2.29. The first-order chi connectivity index (χ1) is 9.66. The Labute approximate surface area is 115 Å². The molecule has 2 heterocycles. The van der Waals surface area contributed by atoms with Crippen LogP contribution in [0.15, 0.2) is 29.1 Å². The van der Waals surface area contributed by atoms with E-state index in [4.69, 9.17) is 5.73 Å². The second kappa shape index (κ2) is 4.96. The Morgan fingerprint density at radius 3 is 2.55 bits per heavy atom. The maximum atomic E-state index is 11.8. The highest BCUT2D eigenvalue weighted by molar-refractivity contribution is 5.83. The summed E-state index contributed by atoms with van der Waals surface area (Å²) in [5, 5.41) is 8.35. The molecule has 6 heteroatoms. The van der Waals surface area contributed by atoms with E-state index in [0.717, 1.165) is 23.9 Å². The van der Waals surface area contributed by atoms with Crippen molar-refractivity contribution in [1.29, 1.82) is 0 Å². The lowest BCUT2D eigenvalue weighted by molar-refractivity contribution is 0.190. The van der Waals surface area contributed by atoms with Gasteiger partial charge in [-0.3, -0.25) is 4.79 Å². The summed E-state index contributed by atoms with van der Waals surface area (Å²) >= 11 is 0.